The van der Waals surface area contributed by atoms with Gasteiger partial charge in [-0.1, -0.05) is 78.1 Å². The lowest BCUT2D eigenvalue weighted by Crippen LogP contribution is -1.84. The minimum absolute atomic E-state index is 1.22. The molecule has 2 aromatic heterocycles. The molecule has 2 heterocycles. The molecule has 3 heteroatoms. The van der Waals surface area contributed by atoms with Gasteiger partial charge in [-0.25, -0.2) is 0 Å². The van der Waals surface area contributed by atoms with E-state index in [0.717, 1.165) is 0 Å². The average Bonchev–Trinajstić information content (AvgIpc) is 3.28. The van der Waals surface area contributed by atoms with E-state index in [1.165, 1.54) is 115 Å². The molecule has 0 radical (unpaired) electrons. The van der Waals surface area contributed by atoms with Gasteiger partial charge < -0.3 is 0 Å². The van der Waals surface area contributed by atoms with Crippen molar-refractivity contribution in [1.82, 2.24) is 0 Å². The second kappa shape index (κ2) is 14.0. The first kappa shape index (κ1) is 23.2. The third-order valence-corrected chi connectivity index (χ3v) is 8.41. The van der Waals surface area contributed by atoms with Crippen molar-refractivity contribution in [2.24, 2.45) is 0 Å². The lowest BCUT2D eigenvalue weighted by atomic mass is 10.1. The van der Waals surface area contributed by atoms with Crippen molar-refractivity contribution in [2.75, 3.05) is 0 Å². The molecule has 0 atom stereocenters. The number of hydrogen-bond acceptors (Lipinski definition) is 2. The molecule has 0 saturated heterocycles. The molecule has 27 heavy (non-hydrogen) atoms. The monoisotopic (exact) mass is 468 g/mol. The summed E-state index contributed by atoms with van der Waals surface area (Å²) in [6.07, 6.45) is 19.0. The molecular formula is C24H37BrS2. The third kappa shape index (κ3) is 8.83. The fraction of sp³-hybridized carbons (Fsp3) is 0.667. The highest BCUT2D eigenvalue weighted by molar-refractivity contribution is 9.11. The number of unbranched alkanes of at least 4 members (excludes halogenated alkanes) is 10. The maximum absolute atomic E-state index is 3.81. The summed E-state index contributed by atoms with van der Waals surface area (Å²) in [4.78, 5) is 2.90. The van der Waals surface area contributed by atoms with Gasteiger partial charge in [0, 0.05) is 9.75 Å². The van der Waals surface area contributed by atoms with Crippen LogP contribution in [0.4, 0.5) is 0 Å². The van der Waals surface area contributed by atoms with E-state index in [0.29, 0.717) is 0 Å². The number of thiophene rings is 2. The van der Waals surface area contributed by atoms with Crippen LogP contribution < -0.4 is 0 Å². The van der Waals surface area contributed by atoms with Crippen LogP contribution in [0.5, 0.6) is 0 Å². The van der Waals surface area contributed by atoms with Gasteiger partial charge >= 0.3 is 0 Å². The maximum atomic E-state index is 3.81. The van der Waals surface area contributed by atoms with Crippen molar-refractivity contribution in [3.05, 3.63) is 32.4 Å². The first-order chi connectivity index (χ1) is 13.2. The summed E-state index contributed by atoms with van der Waals surface area (Å²) >= 11 is 7.65. The van der Waals surface area contributed by atoms with Crippen LogP contribution in [0, 0.1) is 0 Å². The maximum Gasteiger partial charge on any atom is 0.0737 e. The van der Waals surface area contributed by atoms with Crippen LogP contribution >= 0.6 is 38.6 Å². The summed E-state index contributed by atoms with van der Waals surface area (Å²) in [5, 5.41) is 2.38. The number of rotatable bonds is 15. The van der Waals surface area contributed by atoms with Crippen LogP contribution in [0.3, 0.4) is 0 Å². The molecule has 0 aliphatic rings. The Balaban J connectivity index is 1.75. The summed E-state index contributed by atoms with van der Waals surface area (Å²) in [6, 6.07) is 4.87. The van der Waals surface area contributed by atoms with Crippen molar-refractivity contribution in [1.29, 1.82) is 0 Å². The highest BCUT2D eigenvalue weighted by atomic mass is 79.9. The van der Waals surface area contributed by atoms with E-state index < -0.39 is 0 Å². The predicted octanol–water partition coefficient (Wildman–Crippen LogP) is 10.0. The second-order valence-electron chi connectivity index (χ2n) is 7.76. The first-order valence-electron chi connectivity index (χ1n) is 11.1. The molecule has 0 nitrogen and oxygen atoms in total. The van der Waals surface area contributed by atoms with E-state index in [9.17, 15) is 0 Å². The number of aryl methyl sites for hydroxylation is 2. The second-order valence-corrected chi connectivity index (χ2v) is 11.0. The molecule has 0 unspecified atom stereocenters. The molecule has 0 amide bonds. The van der Waals surface area contributed by atoms with Crippen LogP contribution in [-0.2, 0) is 12.8 Å². The molecule has 0 aliphatic heterocycles. The van der Waals surface area contributed by atoms with E-state index in [1.807, 2.05) is 22.7 Å². The lowest BCUT2D eigenvalue weighted by Gasteiger charge is -2.00. The van der Waals surface area contributed by atoms with E-state index in [2.05, 4.69) is 47.3 Å². The molecule has 0 spiro atoms. The molecule has 2 rings (SSSR count). The summed E-state index contributed by atoms with van der Waals surface area (Å²) < 4.78 is 1.34. The van der Waals surface area contributed by atoms with Gasteiger partial charge in [0.1, 0.15) is 0 Å². The van der Waals surface area contributed by atoms with Crippen LogP contribution in [0.25, 0.3) is 9.75 Å². The van der Waals surface area contributed by atoms with Gasteiger partial charge in [0.05, 0.1) is 3.79 Å². The van der Waals surface area contributed by atoms with Crippen molar-refractivity contribution in [2.45, 2.75) is 104 Å². The Labute approximate surface area is 183 Å². The zero-order valence-electron chi connectivity index (χ0n) is 17.3. The highest BCUT2D eigenvalue weighted by Crippen LogP contribution is 2.39. The van der Waals surface area contributed by atoms with Crippen molar-refractivity contribution in [3.8, 4) is 9.75 Å². The van der Waals surface area contributed by atoms with Gasteiger partial charge in [-0.15, -0.1) is 22.7 Å². The van der Waals surface area contributed by atoms with Crippen LogP contribution in [0.15, 0.2) is 21.3 Å². The molecule has 152 valence electrons. The number of hydrogen-bond donors (Lipinski definition) is 0. The highest BCUT2D eigenvalue weighted by Gasteiger charge is 2.10. The summed E-state index contributed by atoms with van der Waals surface area (Å²) in [5.41, 5.74) is 3.05. The zero-order valence-corrected chi connectivity index (χ0v) is 20.5. The van der Waals surface area contributed by atoms with Gasteiger partial charge in [-0.3, -0.25) is 0 Å². The first-order valence-corrected chi connectivity index (χ1v) is 13.6. The molecule has 2 aromatic rings. The minimum atomic E-state index is 1.22. The Morgan fingerprint density at radius 1 is 0.704 bits per heavy atom. The molecule has 0 fully saturated rings. The van der Waals surface area contributed by atoms with E-state index in [4.69, 9.17) is 0 Å². The standard InChI is InChI=1S/C24H37BrS2/c1-3-5-7-9-11-13-15-20-17-22(26-19-20)23-18-21(24(25)27-23)16-14-12-10-8-6-4-2/h17-19H,3-16H2,1-2H3. The minimum Gasteiger partial charge on any atom is -0.143 e. The topological polar surface area (TPSA) is 0 Å². The van der Waals surface area contributed by atoms with Gasteiger partial charge in [-0.2, -0.15) is 0 Å². The Bertz CT molecular complexity index is 626. The normalized spacial score (nSPS) is 11.4. The summed E-state index contributed by atoms with van der Waals surface area (Å²) in [7, 11) is 0. The van der Waals surface area contributed by atoms with Gasteiger partial charge in [0.2, 0.25) is 0 Å². The van der Waals surface area contributed by atoms with Crippen LogP contribution in [0.2, 0.25) is 0 Å². The smallest absolute Gasteiger partial charge is 0.0737 e. The van der Waals surface area contributed by atoms with Gasteiger partial charge in [0.15, 0.2) is 0 Å². The van der Waals surface area contributed by atoms with E-state index >= 15 is 0 Å². The molecule has 0 saturated carbocycles. The molecule has 0 aliphatic carbocycles. The summed E-state index contributed by atoms with van der Waals surface area (Å²) in [6.45, 7) is 4.57. The molecular weight excluding hydrogens is 432 g/mol. The van der Waals surface area contributed by atoms with Gasteiger partial charge in [-0.05, 0) is 70.3 Å². The fourth-order valence-corrected chi connectivity index (χ4v) is 6.35. The van der Waals surface area contributed by atoms with Crippen molar-refractivity contribution in [3.63, 3.8) is 0 Å². The molecule has 0 bridgehead atoms. The van der Waals surface area contributed by atoms with Crippen molar-refractivity contribution < 1.29 is 0 Å². The predicted molar refractivity (Wildman–Crippen MR) is 129 cm³/mol. The molecule has 0 aromatic carbocycles. The van der Waals surface area contributed by atoms with Crippen LogP contribution in [0.1, 0.15) is 102 Å². The Kier molecular flexibility index (Phi) is 12.0. The fourth-order valence-electron chi connectivity index (χ4n) is 3.54. The van der Waals surface area contributed by atoms with E-state index in [-0.39, 0.29) is 0 Å². The SMILES string of the molecule is CCCCCCCCc1csc(-c2cc(CCCCCCCC)c(Br)s2)c1. The quantitative estimate of drug-likeness (QED) is 0.228. The largest absolute Gasteiger partial charge is 0.143 e. The summed E-state index contributed by atoms with van der Waals surface area (Å²) in [5.74, 6) is 0. The Morgan fingerprint density at radius 3 is 1.96 bits per heavy atom. The Morgan fingerprint density at radius 2 is 1.30 bits per heavy atom. The average molecular weight is 470 g/mol. The van der Waals surface area contributed by atoms with Gasteiger partial charge in [0.25, 0.3) is 0 Å². The Hall–Kier alpha value is -0.120. The van der Waals surface area contributed by atoms with Crippen LogP contribution in [-0.4, -0.2) is 0 Å². The third-order valence-electron chi connectivity index (χ3n) is 5.27. The zero-order chi connectivity index (χ0) is 19.3. The lowest BCUT2D eigenvalue weighted by molar-refractivity contribution is 0.607. The van der Waals surface area contributed by atoms with E-state index in [1.54, 1.807) is 0 Å². The molecule has 0 N–H and O–H groups in total. The van der Waals surface area contributed by atoms with Crippen molar-refractivity contribution >= 4 is 38.6 Å². The number of halogens is 1.